The molecule has 0 saturated carbocycles. The Morgan fingerprint density at radius 3 is 2.25 bits per heavy atom. The summed E-state index contributed by atoms with van der Waals surface area (Å²) in [5, 5.41) is 0. The lowest BCUT2D eigenvalue weighted by Crippen LogP contribution is -2.38. The van der Waals surface area contributed by atoms with Crippen LogP contribution in [0.5, 0.6) is 0 Å². The molecule has 0 aliphatic carbocycles. The van der Waals surface area contributed by atoms with E-state index in [-0.39, 0.29) is 0 Å². The molecule has 1 aromatic carbocycles. The Morgan fingerprint density at radius 1 is 1.19 bits per heavy atom. The van der Waals surface area contributed by atoms with Crippen molar-refractivity contribution in [1.82, 2.24) is 4.90 Å². The van der Waals surface area contributed by atoms with Crippen molar-refractivity contribution in [2.24, 2.45) is 5.73 Å². The molecule has 1 rings (SSSR count). The highest BCUT2D eigenvalue weighted by molar-refractivity contribution is 5.19. The number of rotatable bonds is 6. The molecule has 1 unspecified atom stereocenters. The van der Waals surface area contributed by atoms with Crippen LogP contribution in [0.25, 0.3) is 0 Å². The van der Waals surface area contributed by atoms with Gasteiger partial charge in [-0.3, -0.25) is 4.90 Å². The maximum absolute atomic E-state index is 5.70. The normalized spacial score (nSPS) is 13.4. The molecule has 2 nitrogen and oxygen atoms in total. The van der Waals surface area contributed by atoms with Gasteiger partial charge in [0.05, 0.1) is 0 Å². The van der Waals surface area contributed by atoms with E-state index in [1.54, 1.807) is 0 Å². The molecule has 1 atom stereocenters. The summed E-state index contributed by atoms with van der Waals surface area (Å²) in [6, 6.07) is 11.7. The first-order valence-corrected chi connectivity index (χ1v) is 6.21. The molecule has 0 spiro atoms. The number of hydrogen-bond acceptors (Lipinski definition) is 2. The SMILES string of the molecule is CCC(c1ccccc1)N(CCN)C(C)C. The van der Waals surface area contributed by atoms with Gasteiger partial charge in [0.25, 0.3) is 0 Å². The van der Waals surface area contributed by atoms with Crippen molar-refractivity contribution < 1.29 is 0 Å². The molecule has 0 fully saturated rings. The van der Waals surface area contributed by atoms with E-state index in [2.05, 4.69) is 56.0 Å². The van der Waals surface area contributed by atoms with Crippen LogP contribution in [0, 0.1) is 0 Å². The van der Waals surface area contributed by atoms with Crippen molar-refractivity contribution in [3.05, 3.63) is 35.9 Å². The fraction of sp³-hybridized carbons (Fsp3) is 0.571. The van der Waals surface area contributed by atoms with Crippen LogP contribution in [0.1, 0.15) is 38.8 Å². The first kappa shape index (κ1) is 13.2. The summed E-state index contributed by atoms with van der Waals surface area (Å²) >= 11 is 0. The van der Waals surface area contributed by atoms with Gasteiger partial charge in [-0.1, -0.05) is 37.3 Å². The molecule has 1 aromatic rings. The minimum absolute atomic E-state index is 0.491. The lowest BCUT2D eigenvalue weighted by Gasteiger charge is -2.34. The summed E-state index contributed by atoms with van der Waals surface area (Å²) in [7, 11) is 0. The maximum atomic E-state index is 5.70. The third-order valence-corrected chi connectivity index (χ3v) is 3.02. The first-order valence-electron chi connectivity index (χ1n) is 6.21. The number of nitrogens with zero attached hydrogens (tertiary/aromatic N) is 1. The second-order valence-corrected chi connectivity index (χ2v) is 4.45. The molecular weight excluding hydrogens is 196 g/mol. The summed E-state index contributed by atoms with van der Waals surface area (Å²) in [6.07, 6.45) is 1.13. The van der Waals surface area contributed by atoms with E-state index in [0.29, 0.717) is 12.1 Å². The number of nitrogens with two attached hydrogens (primary N) is 1. The minimum Gasteiger partial charge on any atom is -0.329 e. The van der Waals surface area contributed by atoms with Crippen LogP contribution in [0.3, 0.4) is 0 Å². The van der Waals surface area contributed by atoms with E-state index in [1.807, 2.05) is 0 Å². The zero-order valence-corrected chi connectivity index (χ0v) is 10.7. The quantitative estimate of drug-likeness (QED) is 0.798. The van der Waals surface area contributed by atoms with Gasteiger partial charge < -0.3 is 5.73 Å². The van der Waals surface area contributed by atoms with Crippen LogP contribution in [-0.4, -0.2) is 24.0 Å². The summed E-state index contributed by atoms with van der Waals surface area (Å²) in [4.78, 5) is 2.48. The molecule has 0 aliphatic rings. The van der Waals surface area contributed by atoms with Crippen LogP contribution < -0.4 is 5.73 Å². The van der Waals surface area contributed by atoms with Crippen molar-refractivity contribution in [2.45, 2.75) is 39.3 Å². The zero-order chi connectivity index (χ0) is 12.0. The van der Waals surface area contributed by atoms with Gasteiger partial charge in [0.2, 0.25) is 0 Å². The van der Waals surface area contributed by atoms with Gasteiger partial charge >= 0.3 is 0 Å². The van der Waals surface area contributed by atoms with E-state index in [1.165, 1.54) is 5.56 Å². The van der Waals surface area contributed by atoms with Gasteiger partial charge in [0.15, 0.2) is 0 Å². The van der Waals surface area contributed by atoms with Crippen LogP contribution in [0.2, 0.25) is 0 Å². The van der Waals surface area contributed by atoms with E-state index in [4.69, 9.17) is 5.73 Å². The van der Waals surface area contributed by atoms with Crippen molar-refractivity contribution in [2.75, 3.05) is 13.1 Å². The monoisotopic (exact) mass is 220 g/mol. The van der Waals surface area contributed by atoms with Crippen LogP contribution in [-0.2, 0) is 0 Å². The highest BCUT2D eigenvalue weighted by Gasteiger charge is 2.20. The predicted molar refractivity (Wildman–Crippen MR) is 70.4 cm³/mol. The van der Waals surface area contributed by atoms with E-state index in [9.17, 15) is 0 Å². The van der Waals surface area contributed by atoms with Crippen molar-refractivity contribution in [3.63, 3.8) is 0 Å². The summed E-state index contributed by atoms with van der Waals surface area (Å²) in [5.74, 6) is 0. The lowest BCUT2D eigenvalue weighted by molar-refractivity contribution is 0.154. The smallest absolute Gasteiger partial charge is 0.0348 e. The molecule has 0 heterocycles. The Balaban J connectivity index is 2.86. The van der Waals surface area contributed by atoms with Crippen molar-refractivity contribution >= 4 is 0 Å². The topological polar surface area (TPSA) is 29.3 Å². The van der Waals surface area contributed by atoms with Crippen molar-refractivity contribution in [3.8, 4) is 0 Å². The summed E-state index contributed by atoms with van der Waals surface area (Å²) in [5.41, 5.74) is 7.09. The van der Waals surface area contributed by atoms with Crippen molar-refractivity contribution in [1.29, 1.82) is 0 Å². The van der Waals surface area contributed by atoms with E-state index < -0.39 is 0 Å². The van der Waals surface area contributed by atoms with Gasteiger partial charge in [0.1, 0.15) is 0 Å². The first-order chi connectivity index (χ1) is 7.70. The van der Waals surface area contributed by atoms with Gasteiger partial charge in [0, 0.05) is 25.2 Å². The highest BCUT2D eigenvalue weighted by atomic mass is 15.2. The Morgan fingerprint density at radius 2 is 1.81 bits per heavy atom. The maximum Gasteiger partial charge on any atom is 0.0348 e. The second-order valence-electron chi connectivity index (χ2n) is 4.45. The highest BCUT2D eigenvalue weighted by Crippen LogP contribution is 2.25. The Kier molecular flexibility index (Phi) is 5.50. The fourth-order valence-corrected chi connectivity index (χ4v) is 2.26. The van der Waals surface area contributed by atoms with E-state index >= 15 is 0 Å². The van der Waals surface area contributed by atoms with Crippen LogP contribution >= 0.6 is 0 Å². The molecular formula is C14H24N2. The van der Waals surface area contributed by atoms with Gasteiger partial charge in [-0.25, -0.2) is 0 Å². The average Bonchev–Trinajstić information content (AvgIpc) is 2.30. The molecule has 0 amide bonds. The molecule has 0 saturated heterocycles. The predicted octanol–water partition coefficient (Wildman–Crippen LogP) is 2.81. The number of benzene rings is 1. The summed E-state index contributed by atoms with van der Waals surface area (Å²) < 4.78 is 0. The Bertz CT molecular complexity index is 282. The largest absolute Gasteiger partial charge is 0.329 e. The molecule has 16 heavy (non-hydrogen) atoms. The third-order valence-electron chi connectivity index (χ3n) is 3.02. The zero-order valence-electron chi connectivity index (χ0n) is 10.7. The second kappa shape index (κ2) is 6.66. The van der Waals surface area contributed by atoms with Crippen LogP contribution in [0.4, 0.5) is 0 Å². The molecule has 2 N–H and O–H groups in total. The van der Waals surface area contributed by atoms with Gasteiger partial charge in [-0.2, -0.15) is 0 Å². The third kappa shape index (κ3) is 3.32. The van der Waals surface area contributed by atoms with Crippen LogP contribution in [0.15, 0.2) is 30.3 Å². The van der Waals surface area contributed by atoms with Gasteiger partial charge in [-0.05, 0) is 25.8 Å². The average molecular weight is 220 g/mol. The molecule has 90 valence electrons. The standard InChI is InChI=1S/C14H24N2/c1-4-14(13-8-6-5-7-9-13)16(11-10-15)12(2)3/h5-9,12,14H,4,10-11,15H2,1-3H3. The molecule has 0 radical (unpaired) electrons. The van der Waals surface area contributed by atoms with E-state index in [0.717, 1.165) is 19.5 Å². The Labute approximate surface area is 99.5 Å². The molecule has 0 aromatic heterocycles. The van der Waals surface area contributed by atoms with Gasteiger partial charge in [-0.15, -0.1) is 0 Å². The number of hydrogen-bond donors (Lipinski definition) is 1. The Hall–Kier alpha value is -0.860. The molecule has 0 bridgehead atoms. The summed E-state index contributed by atoms with van der Waals surface area (Å²) in [6.45, 7) is 8.40. The lowest BCUT2D eigenvalue weighted by atomic mass is 10.0. The fourth-order valence-electron chi connectivity index (χ4n) is 2.26. The molecule has 0 aliphatic heterocycles. The minimum atomic E-state index is 0.491. The molecule has 2 heteroatoms.